The maximum absolute atomic E-state index is 13.5. The molecular weight excluding hydrogens is 462 g/mol. The molecule has 192 valence electrons. The molecule has 0 amide bonds. The molecule has 37 heavy (non-hydrogen) atoms. The second-order valence-electron chi connectivity index (χ2n) is 11.5. The van der Waals surface area contributed by atoms with Crippen LogP contribution in [0.25, 0.3) is 22.2 Å². The summed E-state index contributed by atoms with van der Waals surface area (Å²) in [6, 6.07) is 15.7. The summed E-state index contributed by atoms with van der Waals surface area (Å²) in [5, 5.41) is 13.5. The smallest absolute Gasteiger partial charge is 0.312 e. The van der Waals surface area contributed by atoms with Gasteiger partial charge in [-0.25, -0.2) is 0 Å². The van der Waals surface area contributed by atoms with E-state index < -0.39 is 5.41 Å². The van der Waals surface area contributed by atoms with Gasteiger partial charge in [-0.15, -0.1) is 10.2 Å². The van der Waals surface area contributed by atoms with Crippen LogP contribution in [0.5, 0.6) is 0 Å². The Kier molecular flexibility index (Phi) is 5.51. The number of tetrazole rings is 1. The van der Waals surface area contributed by atoms with Gasteiger partial charge >= 0.3 is 5.97 Å². The standard InChI is InChI=1S/C30H35N5O2/c1-19(2)20-11-12-23-22(17-20)26-25(27-29(23,3)13-8-14-30(27,4)28(36)37-5)21-9-6-7-10-24(21)34(26)15-16-35-32-18-31-33-35/h6-7,9-12,17-19,27H,8,13-16H2,1-5H3/t27?,29-,30-/m1/s1. The number of methoxy groups -OCH3 is 1. The van der Waals surface area contributed by atoms with Gasteiger partial charge in [0.1, 0.15) is 0 Å². The molecule has 1 fully saturated rings. The molecule has 1 saturated carbocycles. The third-order valence-corrected chi connectivity index (χ3v) is 9.11. The topological polar surface area (TPSA) is 74.8 Å². The van der Waals surface area contributed by atoms with E-state index in [1.54, 1.807) is 4.80 Å². The van der Waals surface area contributed by atoms with E-state index in [1.165, 1.54) is 52.3 Å². The number of para-hydroxylation sites is 1. The van der Waals surface area contributed by atoms with Crippen molar-refractivity contribution >= 4 is 16.9 Å². The third-order valence-electron chi connectivity index (χ3n) is 9.11. The van der Waals surface area contributed by atoms with Crippen molar-refractivity contribution in [1.29, 1.82) is 0 Å². The fraction of sp³-hybridized carbons (Fsp3) is 0.467. The number of hydrogen-bond acceptors (Lipinski definition) is 5. The second kappa shape index (κ2) is 8.54. The van der Waals surface area contributed by atoms with Crippen molar-refractivity contribution in [3.8, 4) is 11.3 Å². The quantitative estimate of drug-likeness (QED) is 0.324. The molecule has 2 aromatic carbocycles. The second-order valence-corrected chi connectivity index (χ2v) is 11.5. The number of ether oxygens (including phenoxy) is 1. The highest BCUT2D eigenvalue weighted by Gasteiger charge is 2.58. The molecule has 0 saturated heterocycles. The summed E-state index contributed by atoms with van der Waals surface area (Å²) in [5.74, 6) is 0.313. The van der Waals surface area contributed by atoms with Crippen LogP contribution in [0, 0.1) is 5.41 Å². The van der Waals surface area contributed by atoms with E-state index in [0.29, 0.717) is 19.0 Å². The van der Waals surface area contributed by atoms with Gasteiger partial charge in [-0.2, -0.15) is 4.80 Å². The summed E-state index contributed by atoms with van der Waals surface area (Å²) in [6.07, 6.45) is 4.33. The lowest BCUT2D eigenvalue weighted by Gasteiger charge is -2.54. The van der Waals surface area contributed by atoms with Gasteiger partial charge in [0.2, 0.25) is 0 Å². The molecule has 0 bridgehead atoms. The van der Waals surface area contributed by atoms with E-state index in [9.17, 15) is 4.79 Å². The van der Waals surface area contributed by atoms with Crippen molar-refractivity contribution < 1.29 is 9.53 Å². The van der Waals surface area contributed by atoms with Crippen LogP contribution < -0.4 is 0 Å². The van der Waals surface area contributed by atoms with Crippen molar-refractivity contribution in [3.63, 3.8) is 0 Å². The summed E-state index contributed by atoms with van der Waals surface area (Å²) in [4.78, 5) is 15.2. The predicted octanol–water partition coefficient (Wildman–Crippen LogP) is 5.84. The average Bonchev–Trinajstić information content (AvgIpc) is 3.53. The maximum atomic E-state index is 13.5. The third kappa shape index (κ3) is 3.39. The molecule has 3 atom stereocenters. The minimum Gasteiger partial charge on any atom is -0.469 e. The first kappa shape index (κ1) is 23.9. The molecule has 0 radical (unpaired) electrons. The van der Waals surface area contributed by atoms with E-state index in [2.05, 4.69) is 90.1 Å². The Hall–Kier alpha value is -3.48. The lowest BCUT2D eigenvalue weighted by Crippen LogP contribution is -2.50. The van der Waals surface area contributed by atoms with E-state index in [4.69, 9.17) is 4.74 Å². The first-order valence-corrected chi connectivity index (χ1v) is 13.3. The molecule has 2 heterocycles. The number of aromatic nitrogens is 5. The van der Waals surface area contributed by atoms with Crippen LogP contribution in [0.1, 0.15) is 75.5 Å². The average molecular weight is 498 g/mol. The molecule has 2 aliphatic rings. The Morgan fingerprint density at radius 1 is 1.14 bits per heavy atom. The van der Waals surface area contributed by atoms with Crippen LogP contribution in [0.15, 0.2) is 48.8 Å². The van der Waals surface area contributed by atoms with Gasteiger partial charge < -0.3 is 9.30 Å². The van der Waals surface area contributed by atoms with Crippen LogP contribution in [0.4, 0.5) is 0 Å². The minimum atomic E-state index is -0.618. The summed E-state index contributed by atoms with van der Waals surface area (Å²) in [7, 11) is 1.53. The Bertz CT molecular complexity index is 1490. The summed E-state index contributed by atoms with van der Waals surface area (Å²) >= 11 is 0. The number of benzene rings is 2. The zero-order valence-corrected chi connectivity index (χ0v) is 22.4. The zero-order chi connectivity index (χ0) is 25.9. The molecule has 1 unspecified atom stereocenters. The van der Waals surface area contributed by atoms with Crippen molar-refractivity contribution in [2.75, 3.05) is 7.11 Å². The monoisotopic (exact) mass is 497 g/mol. The Balaban J connectivity index is 1.69. The van der Waals surface area contributed by atoms with Crippen LogP contribution in [-0.4, -0.2) is 37.9 Å². The number of fused-ring (bicyclic) bond motifs is 8. The molecule has 4 aromatic rings. The number of carbonyl (C=O) groups is 1. The highest BCUT2D eigenvalue weighted by molar-refractivity contribution is 5.96. The summed E-state index contributed by atoms with van der Waals surface area (Å²) in [6.45, 7) is 10.3. The highest BCUT2D eigenvalue weighted by atomic mass is 16.5. The molecule has 6 rings (SSSR count). The van der Waals surface area contributed by atoms with Crippen molar-refractivity contribution in [2.45, 2.75) is 77.3 Å². The Morgan fingerprint density at radius 3 is 2.68 bits per heavy atom. The van der Waals surface area contributed by atoms with Gasteiger partial charge in [-0.1, -0.05) is 57.5 Å². The van der Waals surface area contributed by atoms with Gasteiger partial charge in [0.15, 0.2) is 6.33 Å². The summed E-state index contributed by atoms with van der Waals surface area (Å²) in [5.41, 5.74) is 6.84. The molecule has 2 aliphatic carbocycles. The predicted molar refractivity (Wildman–Crippen MR) is 143 cm³/mol. The van der Waals surface area contributed by atoms with Crippen LogP contribution in [-0.2, 0) is 28.0 Å². The lowest BCUT2D eigenvalue weighted by molar-refractivity contribution is -0.157. The van der Waals surface area contributed by atoms with Gasteiger partial charge in [-0.3, -0.25) is 4.79 Å². The van der Waals surface area contributed by atoms with Crippen molar-refractivity contribution in [3.05, 3.63) is 65.5 Å². The normalized spacial score (nSPS) is 24.5. The van der Waals surface area contributed by atoms with Gasteiger partial charge in [0, 0.05) is 34.3 Å². The molecule has 0 aliphatic heterocycles. The zero-order valence-electron chi connectivity index (χ0n) is 22.4. The van der Waals surface area contributed by atoms with Crippen LogP contribution in [0.3, 0.4) is 0 Å². The Morgan fingerprint density at radius 2 is 1.95 bits per heavy atom. The number of aryl methyl sites for hydroxylation is 2. The largest absolute Gasteiger partial charge is 0.469 e. The molecule has 0 N–H and O–H groups in total. The Labute approximate surface area is 217 Å². The van der Waals surface area contributed by atoms with Crippen LogP contribution >= 0.6 is 0 Å². The summed E-state index contributed by atoms with van der Waals surface area (Å²) < 4.78 is 7.90. The number of nitrogens with zero attached hydrogens (tertiary/aromatic N) is 5. The number of rotatable bonds is 5. The number of esters is 1. The maximum Gasteiger partial charge on any atom is 0.312 e. The fourth-order valence-electron chi connectivity index (χ4n) is 7.44. The number of carbonyl (C=O) groups excluding carboxylic acids is 1. The fourth-order valence-corrected chi connectivity index (χ4v) is 7.44. The van der Waals surface area contributed by atoms with E-state index >= 15 is 0 Å². The molecule has 0 spiro atoms. The first-order chi connectivity index (χ1) is 17.8. The number of hydrogen-bond donors (Lipinski definition) is 0. The van der Waals surface area contributed by atoms with Gasteiger partial charge in [0.05, 0.1) is 24.8 Å². The van der Waals surface area contributed by atoms with Gasteiger partial charge in [0.25, 0.3) is 0 Å². The van der Waals surface area contributed by atoms with Crippen molar-refractivity contribution in [1.82, 2.24) is 24.8 Å². The van der Waals surface area contributed by atoms with Crippen molar-refractivity contribution in [2.24, 2.45) is 5.41 Å². The van der Waals surface area contributed by atoms with E-state index in [-0.39, 0.29) is 17.3 Å². The SMILES string of the molecule is COC(=O)[C@]1(C)CCC[C@]2(C)c3ccc(C(C)C)cc3-c3c(c4ccccc4n3CCn3ncnn3)C12. The van der Waals surface area contributed by atoms with Crippen LogP contribution in [0.2, 0.25) is 0 Å². The van der Waals surface area contributed by atoms with E-state index in [1.807, 2.05) is 0 Å². The van der Waals surface area contributed by atoms with E-state index in [0.717, 1.165) is 19.3 Å². The highest BCUT2D eigenvalue weighted by Crippen LogP contribution is 2.65. The molecule has 7 heteroatoms. The van der Waals surface area contributed by atoms with Gasteiger partial charge in [-0.05, 0) is 59.7 Å². The minimum absolute atomic E-state index is 0.00393. The molecule has 7 nitrogen and oxygen atoms in total. The lowest BCUT2D eigenvalue weighted by atomic mass is 9.49. The molecular formula is C30H35N5O2. The molecule has 2 aromatic heterocycles. The first-order valence-electron chi connectivity index (χ1n) is 13.3.